The van der Waals surface area contributed by atoms with Gasteiger partial charge in [-0.2, -0.15) is 0 Å². The summed E-state index contributed by atoms with van der Waals surface area (Å²) in [5.41, 5.74) is 3.24. The average molecular weight is 191 g/mol. The van der Waals surface area contributed by atoms with Crippen molar-refractivity contribution in [1.82, 2.24) is 4.98 Å². The molecule has 0 aliphatic heterocycles. The number of esters is 1. The van der Waals surface area contributed by atoms with Crippen LogP contribution in [0.15, 0.2) is 6.07 Å². The van der Waals surface area contributed by atoms with Gasteiger partial charge in [0.05, 0.1) is 6.61 Å². The molecule has 1 saturated carbocycles. The van der Waals surface area contributed by atoms with Crippen molar-refractivity contribution in [3.63, 3.8) is 0 Å². The lowest BCUT2D eigenvalue weighted by atomic mass is 10.2. The van der Waals surface area contributed by atoms with Crippen LogP contribution in [0.2, 0.25) is 0 Å². The summed E-state index contributed by atoms with van der Waals surface area (Å²) in [6.45, 7) is 2.26. The molecular formula is C11H13NO2. The number of hydrogen-bond donors (Lipinski definition) is 1. The summed E-state index contributed by atoms with van der Waals surface area (Å²) < 4.78 is 4.94. The SMILES string of the molecule is CCOC(=O)c1cc2c([nH]1)[C@@H]1C[C@@H]1C2. The highest BCUT2D eigenvalue weighted by Gasteiger charge is 2.46. The van der Waals surface area contributed by atoms with Crippen LogP contribution in [0.4, 0.5) is 0 Å². The fraction of sp³-hybridized carbons (Fsp3) is 0.545. The smallest absolute Gasteiger partial charge is 0.354 e. The number of hydrogen-bond acceptors (Lipinski definition) is 2. The van der Waals surface area contributed by atoms with Crippen molar-refractivity contribution in [3.8, 4) is 0 Å². The molecule has 14 heavy (non-hydrogen) atoms. The second kappa shape index (κ2) is 2.62. The molecule has 1 heterocycles. The minimum atomic E-state index is -0.223. The van der Waals surface area contributed by atoms with E-state index < -0.39 is 0 Å². The Morgan fingerprint density at radius 3 is 3.29 bits per heavy atom. The van der Waals surface area contributed by atoms with Crippen LogP contribution in [0, 0.1) is 5.92 Å². The Morgan fingerprint density at radius 2 is 2.57 bits per heavy atom. The van der Waals surface area contributed by atoms with Crippen molar-refractivity contribution in [1.29, 1.82) is 0 Å². The predicted molar refractivity (Wildman–Crippen MR) is 51.3 cm³/mol. The van der Waals surface area contributed by atoms with Gasteiger partial charge >= 0.3 is 5.97 Å². The fourth-order valence-electron chi connectivity index (χ4n) is 2.44. The molecule has 0 saturated heterocycles. The first kappa shape index (κ1) is 8.09. The maximum absolute atomic E-state index is 11.4. The molecule has 3 nitrogen and oxygen atoms in total. The highest BCUT2D eigenvalue weighted by Crippen LogP contribution is 2.55. The lowest BCUT2D eigenvalue weighted by Gasteiger charge is -1.97. The van der Waals surface area contributed by atoms with E-state index in [1.807, 2.05) is 13.0 Å². The van der Waals surface area contributed by atoms with E-state index in [0.29, 0.717) is 18.2 Å². The molecular weight excluding hydrogens is 178 g/mol. The monoisotopic (exact) mass is 191 g/mol. The summed E-state index contributed by atoms with van der Waals surface area (Å²) in [5.74, 6) is 1.36. The van der Waals surface area contributed by atoms with Crippen LogP contribution in [-0.4, -0.2) is 17.6 Å². The van der Waals surface area contributed by atoms with Gasteiger partial charge in [-0.15, -0.1) is 0 Å². The fourth-order valence-corrected chi connectivity index (χ4v) is 2.44. The first-order valence-electron chi connectivity index (χ1n) is 5.18. The molecule has 1 aromatic heterocycles. The van der Waals surface area contributed by atoms with Crippen LogP contribution in [0.3, 0.4) is 0 Å². The van der Waals surface area contributed by atoms with E-state index in [4.69, 9.17) is 4.74 Å². The van der Waals surface area contributed by atoms with E-state index in [1.54, 1.807) is 0 Å². The Morgan fingerprint density at radius 1 is 1.71 bits per heavy atom. The number of aromatic amines is 1. The lowest BCUT2D eigenvalue weighted by molar-refractivity contribution is 0.0520. The molecule has 2 atom stereocenters. The second-order valence-electron chi connectivity index (χ2n) is 4.15. The summed E-state index contributed by atoms with van der Waals surface area (Å²) in [6.07, 6.45) is 2.45. The van der Waals surface area contributed by atoms with Crippen LogP contribution in [0.5, 0.6) is 0 Å². The van der Waals surface area contributed by atoms with Gasteiger partial charge in [-0.25, -0.2) is 4.79 Å². The van der Waals surface area contributed by atoms with Gasteiger partial charge in [0.25, 0.3) is 0 Å². The normalized spacial score (nSPS) is 26.9. The van der Waals surface area contributed by atoms with Gasteiger partial charge < -0.3 is 9.72 Å². The number of rotatable bonds is 2. The lowest BCUT2D eigenvalue weighted by Crippen LogP contribution is -2.05. The zero-order valence-electron chi connectivity index (χ0n) is 8.17. The molecule has 1 fully saturated rings. The zero-order chi connectivity index (χ0) is 9.71. The Bertz CT molecular complexity index is 394. The Hall–Kier alpha value is -1.25. The predicted octanol–water partition coefficient (Wildman–Crippen LogP) is 1.85. The van der Waals surface area contributed by atoms with Gasteiger partial charge in [0.2, 0.25) is 0 Å². The summed E-state index contributed by atoms with van der Waals surface area (Å²) in [4.78, 5) is 14.6. The van der Waals surface area contributed by atoms with E-state index in [0.717, 1.165) is 12.3 Å². The molecule has 74 valence electrons. The minimum absolute atomic E-state index is 0.223. The number of carbonyl (C=O) groups is 1. The maximum atomic E-state index is 11.4. The highest BCUT2D eigenvalue weighted by atomic mass is 16.5. The number of nitrogens with one attached hydrogen (secondary N) is 1. The molecule has 0 radical (unpaired) electrons. The molecule has 2 aliphatic carbocycles. The Labute approximate surface area is 82.5 Å². The third-order valence-corrected chi connectivity index (χ3v) is 3.20. The van der Waals surface area contributed by atoms with Crippen LogP contribution in [-0.2, 0) is 11.2 Å². The number of ether oxygens (including phenoxy) is 1. The van der Waals surface area contributed by atoms with Crippen molar-refractivity contribution in [3.05, 3.63) is 23.0 Å². The van der Waals surface area contributed by atoms with E-state index in [1.165, 1.54) is 17.7 Å². The van der Waals surface area contributed by atoms with E-state index in [-0.39, 0.29) is 5.97 Å². The maximum Gasteiger partial charge on any atom is 0.354 e. The van der Waals surface area contributed by atoms with Crippen molar-refractivity contribution in [2.24, 2.45) is 5.92 Å². The van der Waals surface area contributed by atoms with Crippen LogP contribution in [0.1, 0.15) is 41.0 Å². The van der Waals surface area contributed by atoms with Gasteiger partial charge in [0.15, 0.2) is 0 Å². The van der Waals surface area contributed by atoms with Crippen molar-refractivity contribution in [2.45, 2.75) is 25.7 Å². The topological polar surface area (TPSA) is 42.1 Å². The van der Waals surface area contributed by atoms with Gasteiger partial charge in [-0.1, -0.05) is 0 Å². The van der Waals surface area contributed by atoms with Crippen molar-refractivity contribution in [2.75, 3.05) is 6.61 Å². The largest absolute Gasteiger partial charge is 0.461 e. The van der Waals surface area contributed by atoms with Gasteiger partial charge in [0.1, 0.15) is 5.69 Å². The first-order valence-corrected chi connectivity index (χ1v) is 5.18. The first-order chi connectivity index (χ1) is 6.79. The molecule has 2 aliphatic rings. The third kappa shape index (κ3) is 1.01. The summed E-state index contributed by atoms with van der Waals surface area (Å²) in [7, 11) is 0. The highest BCUT2D eigenvalue weighted by molar-refractivity contribution is 5.88. The van der Waals surface area contributed by atoms with Crippen molar-refractivity contribution < 1.29 is 9.53 Å². The van der Waals surface area contributed by atoms with E-state index in [9.17, 15) is 4.79 Å². The summed E-state index contributed by atoms with van der Waals surface area (Å²) in [5, 5.41) is 0. The van der Waals surface area contributed by atoms with Gasteiger partial charge in [-0.05, 0) is 37.3 Å². The standard InChI is InChI=1S/C11H13NO2/c1-2-14-11(13)9-5-7-3-6-4-8(6)10(7)12-9/h5-6,8,12H,2-4H2,1H3/t6-,8+/m0/s1. The number of carbonyl (C=O) groups excluding carboxylic acids is 1. The molecule has 0 spiro atoms. The summed E-state index contributed by atoms with van der Waals surface area (Å²) >= 11 is 0. The number of fused-ring (bicyclic) bond motifs is 3. The van der Waals surface area contributed by atoms with Gasteiger partial charge in [0, 0.05) is 11.6 Å². The Kier molecular flexibility index (Phi) is 1.52. The van der Waals surface area contributed by atoms with Crippen LogP contribution in [0.25, 0.3) is 0 Å². The molecule has 1 N–H and O–H groups in total. The van der Waals surface area contributed by atoms with Gasteiger partial charge in [-0.3, -0.25) is 0 Å². The summed E-state index contributed by atoms with van der Waals surface area (Å²) in [6, 6.07) is 1.96. The quantitative estimate of drug-likeness (QED) is 0.725. The molecule has 3 rings (SSSR count). The third-order valence-electron chi connectivity index (χ3n) is 3.20. The number of H-pyrrole nitrogens is 1. The molecule has 0 amide bonds. The van der Waals surface area contributed by atoms with E-state index in [2.05, 4.69) is 4.98 Å². The zero-order valence-corrected chi connectivity index (χ0v) is 8.17. The molecule has 0 bridgehead atoms. The minimum Gasteiger partial charge on any atom is -0.461 e. The van der Waals surface area contributed by atoms with Crippen LogP contribution >= 0.6 is 0 Å². The second-order valence-corrected chi connectivity index (χ2v) is 4.15. The molecule has 3 heteroatoms. The number of aromatic nitrogens is 1. The molecule has 1 aromatic rings. The molecule has 0 unspecified atom stereocenters. The van der Waals surface area contributed by atoms with E-state index >= 15 is 0 Å². The van der Waals surface area contributed by atoms with Crippen molar-refractivity contribution >= 4 is 5.97 Å². The van der Waals surface area contributed by atoms with Crippen LogP contribution < -0.4 is 0 Å². The average Bonchev–Trinajstić information content (AvgIpc) is 2.67. The molecule has 0 aromatic carbocycles. The Balaban J connectivity index is 1.87.